The Morgan fingerprint density at radius 2 is 2.21 bits per heavy atom. The van der Waals surface area contributed by atoms with Crippen LogP contribution in [0, 0.1) is 5.92 Å². The van der Waals surface area contributed by atoms with E-state index in [1.807, 2.05) is 6.92 Å². The fourth-order valence-electron chi connectivity index (χ4n) is 1.71. The highest BCUT2D eigenvalue weighted by Gasteiger charge is 2.30. The predicted octanol–water partition coefficient (Wildman–Crippen LogP) is 0.207. The van der Waals surface area contributed by atoms with E-state index in [1.165, 1.54) is 6.26 Å². The standard InChI is InChI=1S/C9H18O4S/c1-7-3-5-13-9(7)8(10)4-6-14(2,11)12/h7-10H,3-6H2,1-2H3. The van der Waals surface area contributed by atoms with Crippen LogP contribution in [0.3, 0.4) is 0 Å². The quantitative estimate of drug-likeness (QED) is 0.738. The van der Waals surface area contributed by atoms with Crippen LogP contribution in [0.15, 0.2) is 0 Å². The van der Waals surface area contributed by atoms with Crippen LogP contribution in [0.2, 0.25) is 0 Å². The van der Waals surface area contributed by atoms with Crippen molar-refractivity contribution < 1.29 is 18.3 Å². The second-order valence-corrected chi connectivity index (χ2v) is 6.35. The molecule has 3 atom stereocenters. The Hall–Kier alpha value is -0.130. The molecule has 0 radical (unpaired) electrons. The summed E-state index contributed by atoms with van der Waals surface area (Å²) in [6, 6.07) is 0. The molecule has 4 nitrogen and oxygen atoms in total. The first kappa shape index (κ1) is 11.9. The highest BCUT2D eigenvalue weighted by molar-refractivity contribution is 7.90. The van der Waals surface area contributed by atoms with Gasteiger partial charge in [0.15, 0.2) is 0 Å². The van der Waals surface area contributed by atoms with Crippen molar-refractivity contribution in [3.8, 4) is 0 Å². The molecule has 1 aliphatic rings. The number of sulfone groups is 1. The van der Waals surface area contributed by atoms with E-state index in [4.69, 9.17) is 4.74 Å². The van der Waals surface area contributed by atoms with Gasteiger partial charge in [0.1, 0.15) is 9.84 Å². The largest absolute Gasteiger partial charge is 0.390 e. The molecular formula is C9H18O4S. The van der Waals surface area contributed by atoms with Crippen molar-refractivity contribution in [2.24, 2.45) is 5.92 Å². The van der Waals surface area contributed by atoms with Crippen LogP contribution in [0.5, 0.6) is 0 Å². The highest BCUT2D eigenvalue weighted by Crippen LogP contribution is 2.24. The first-order valence-corrected chi connectivity index (χ1v) is 6.93. The molecule has 0 aromatic carbocycles. The fraction of sp³-hybridized carbons (Fsp3) is 1.00. The molecule has 0 aromatic heterocycles. The lowest BCUT2D eigenvalue weighted by atomic mass is 9.98. The molecule has 1 saturated heterocycles. The molecule has 1 heterocycles. The van der Waals surface area contributed by atoms with Crippen LogP contribution in [-0.2, 0) is 14.6 Å². The molecule has 1 fully saturated rings. The lowest BCUT2D eigenvalue weighted by molar-refractivity contribution is -0.0173. The van der Waals surface area contributed by atoms with E-state index in [9.17, 15) is 13.5 Å². The molecule has 1 rings (SSSR count). The molecule has 0 bridgehead atoms. The molecule has 3 unspecified atom stereocenters. The number of ether oxygens (including phenoxy) is 1. The molecule has 1 aliphatic heterocycles. The summed E-state index contributed by atoms with van der Waals surface area (Å²) in [4.78, 5) is 0. The third-order valence-electron chi connectivity index (χ3n) is 2.61. The van der Waals surface area contributed by atoms with Crippen LogP contribution in [-0.4, -0.2) is 44.3 Å². The summed E-state index contributed by atoms with van der Waals surface area (Å²) < 4.78 is 27.1. The van der Waals surface area contributed by atoms with Crippen LogP contribution < -0.4 is 0 Å². The van der Waals surface area contributed by atoms with E-state index >= 15 is 0 Å². The van der Waals surface area contributed by atoms with Crippen LogP contribution in [0.25, 0.3) is 0 Å². The first-order valence-electron chi connectivity index (χ1n) is 4.87. The summed E-state index contributed by atoms with van der Waals surface area (Å²) in [5, 5.41) is 9.69. The highest BCUT2D eigenvalue weighted by atomic mass is 32.2. The van der Waals surface area contributed by atoms with Gasteiger partial charge in [0.25, 0.3) is 0 Å². The lowest BCUT2D eigenvalue weighted by Crippen LogP contribution is -2.31. The fourth-order valence-corrected chi connectivity index (χ4v) is 2.38. The summed E-state index contributed by atoms with van der Waals surface area (Å²) in [6.45, 7) is 2.68. The minimum Gasteiger partial charge on any atom is -0.390 e. The van der Waals surface area contributed by atoms with Gasteiger partial charge in [0.05, 0.1) is 18.0 Å². The zero-order valence-corrected chi connectivity index (χ0v) is 9.46. The maximum absolute atomic E-state index is 10.9. The predicted molar refractivity (Wildman–Crippen MR) is 53.9 cm³/mol. The van der Waals surface area contributed by atoms with E-state index in [0.717, 1.165) is 6.42 Å². The van der Waals surface area contributed by atoms with E-state index in [2.05, 4.69) is 0 Å². The normalized spacial score (nSPS) is 30.5. The number of aliphatic hydroxyl groups is 1. The second kappa shape index (κ2) is 4.59. The molecule has 5 heteroatoms. The topological polar surface area (TPSA) is 63.6 Å². The summed E-state index contributed by atoms with van der Waals surface area (Å²) >= 11 is 0. The summed E-state index contributed by atoms with van der Waals surface area (Å²) in [6.07, 6.45) is 1.56. The molecule has 14 heavy (non-hydrogen) atoms. The molecule has 0 aromatic rings. The van der Waals surface area contributed by atoms with Crippen molar-refractivity contribution in [1.29, 1.82) is 0 Å². The van der Waals surface area contributed by atoms with Crippen molar-refractivity contribution in [3.05, 3.63) is 0 Å². The minimum atomic E-state index is -2.98. The Morgan fingerprint density at radius 3 is 2.64 bits per heavy atom. The molecular weight excluding hydrogens is 204 g/mol. The van der Waals surface area contributed by atoms with Crippen LogP contribution in [0.1, 0.15) is 19.8 Å². The number of aliphatic hydroxyl groups excluding tert-OH is 1. The average molecular weight is 222 g/mol. The van der Waals surface area contributed by atoms with Crippen molar-refractivity contribution in [2.75, 3.05) is 18.6 Å². The zero-order chi connectivity index (χ0) is 10.8. The van der Waals surface area contributed by atoms with Crippen molar-refractivity contribution in [1.82, 2.24) is 0 Å². The van der Waals surface area contributed by atoms with Gasteiger partial charge in [-0.1, -0.05) is 6.92 Å². The Balaban J connectivity index is 2.38. The lowest BCUT2D eigenvalue weighted by Gasteiger charge is -2.20. The second-order valence-electron chi connectivity index (χ2n) is 4.09. The van der Waals surface area contributed by atoms with Gasteiger partial charge in [-0.05, 0) is 18.8 Å². The average Bonchev–Trinajstić information content (AvgIpc) is 2.46. The van der Waals surface area contributed by atoms with Gasteiger partial charge < -0.3 is 9.84 Å². The maximum atomic E-state index is 10.9. The molecule has 0 amide bonds. The Kier molecular flexibility index (Phi) is 3.92. The van der Waals surface area contributed by atoms with Crippen molar-refractivity contribution in [3.63, 3.8) is 0 Å². The van der Waals surface area contributed by atoms with Gasteiger partial charge in [-0.2, -0.15) is 0 Å². The number of rotatable bonds is 4. The van der Waals surface area contributed by atoms with E-state index in [1.54, 1.807) is 0 Å². The molecule has 0 aliphatic carbocycles. The van der Waals surface area contributed by atoms with E-state index in [0.29, 0.717) is 12.5 Å². The van der Waals surface area contributed by atoms with Crippen LogP contribution in [0.4, 0.5) is 0 Å². The third kappa shape index (κ3) is 3.55. The van der Waals surface area contributed by atoms with Crippen molar-refractivity contribution in [2.45, 2.75) is 32.0 Å². The Labute approximate surface area is 85.2 Å². The van der Waals surface area contributed by atoms with Gasteiger partial charge in [-0.15, -0.1) is 0 Å². The summed E-state index contributed by atoms with van der Waals surface area (Å²) in [7, 11) is -2.98. The van der Waals surface area contributed by atoms with Crippen LogP contribution >= 0.6 is 0 Å². The smallest absolute Gasteiger partial charge is 0.147 e. The monoisotopic (exact) mass is 222 g/mol. The minimum absolute atomic E-state index is 0.0285. The van der Waals surface area contributed by atoms with Gasteiger partial charge in [0.2, 0.25) is 0 Å². The van der Waals surface area contributed by atoms with Crippen molar-refractivity contribution >= 4 is 9.84 Å². The molecule has 1 N–H and O–H groups in total. The Morgan fingerprint density at radius 1 is 1.57 bits per heavy atom. The summed E-state index contributed by atoms with van der Waals surface area (Å²) in [5.74, 6) is 0.352. The molecule has 84 valence electrons. The summed E-state index contributed by atoms with van der Waals surface area (Å²) in [5.41, 5.74) is 0. The van der Waals surface area contributed by atoms with Gasteiger partial charge in [0, 0.05) is 12.9 Å². The van der Waals surface area contributed by atoms with E-state index < -0.39 is 15.9 Å². The zero-order valence-electron chi connectivity index (χ0n) is 8.64. The van der Waals surface area contributed by atoms with Gasteiger partial charge in [-0.25, -0.2) is 8.42 Å². The number of hydrogen-bond donors (Lipinski definition) is 1. The first-order chi connectivity index (χ1) is 6.40. The molecule has 0 saturated carbocycles. The van der Waals surface area contributed by atoms with E-state index in [-0.39, 0.29) is 18.3 Å². The number of hydrogen-bond acceptors (Lipinski definition) is 4. The SMILES string of the molecule is CC1CCOC1C(O)CCS(C)(=O)=O. The molecule has 0 spiro atoms. The maximum Gasteiger partial charge on any atom is 0.147 e. The van der Waals surface area contributed by atoms with Gasteiger partial charge in [-0.3, -0.25) is 0 Å². The third-order valence-corrected chi connectivity index (χ3v) is 3.59. The Bertz CT molecular complexity index is 273. The van der Waals surface area contributed by atoms with Gasteiger partial charge >= 0.3 is 0 Å².